The molecule has 1 aromatic heterocycles. The molecule has 4 nitrogen and oxygen atoms in total. The molecule has 0 aliphatic carbocycles. The van der Waals surface area contributed by atoms with E-state index in [2.05, 4.69) is 23.9 Å². The Balaban J connectivity index is 1.67. The number of piperazine rings is 1. The highest BCUT2D eigenvalue weighted by molar-refractivity contribution is 7.10. The second-order valence-electron chi connectivity index (χ2n) is 5.64. The van der Waals surface area contributed by atoms with Gasteiger partial charge in [0, 0.05) is 31.1 Å². The summed E-state index contributed by atoms with van der Waals surface area (Å²) >= 11 is 1.67. The molecule has 1 aliphatic heterocycles. The first kappa shape index (κ1) is 15.5. The van der Waals surface area contributed by atoms with Crippen LogP contribution in [0, 0.1) is 0 Å². The van der Waals surface area contributed by atoms with Gasteiger partial charge in [-0.2, -0.15) is 0 Å². The molecule has 0 bridgehead atoms. The number of hydrogen-bond acceptors (Lipinski definition) is 4. The maximum atomic E-state index is 12.2. The summed E-state index contributed by atoms with van der Waals surface area (Å²) in [6, 6.07) is 4.05. The fraction of sp³-hybridized carbons (Fsp3) is 0.667. The summed E-state index contributed by atoms with van der Waals surface area (Å²) in [6.45, 7) is 6.08. The second kappa shape index (κ2) is 7.76. The molecule has 0 spiro atoms. The van der Waals surface area contributed by atoms with Crippen molar-refractivity contribution in [2.45, 2.75) is 12.8 Å². The minimum absolute atomic E-state index is 0.278. The van der Waals surface area contributed by atoms with E-state index in [1.54, 1.807) is 11.3 Å². The van der Waals surface area contributed by atoms with Crippen LogP contribution < -0.4 is 0 Å². The van der Waals surface area contributed by atoms with E-state index in [4.69, 9.17) is 0 Å². The van der Waals surface area contributed by atoms with Crippen LogP contribution in [0.2, 0.25) is 0 Å². The highest BCUT2D eigenvalue weighted by Crippen LogP contribution is 2.12. The molecular formula is C15H25N3OS. The Kier molecular flexibility index (Phi) is 6.01. The predicted octanol–water partition coefficient (Wildman–Crippen LogP) is 1.39. The Morgan fingerprint density at radius 1 is 1.30 bits per heavy atom. The molecule has 112 valence electrons. The molecule has 0 atom stereocenters. The van der Waals surface area contributed by atoms with Crippen molar-refractivity contribution in [3.8, 4) is 0 Å². The molecule has 0 N–H and O–H groups in total. The third kappa shape index (κ3) is 4.89. The van der Waals surface area contributed by atoms with Crippen molar-refractivity contribution in [2.24, 2.45) is 0 Å². The minimum Gasteiger partial charge on any atom is -0.340 e. The normalized spacial score (nSPS) is 16.9. The Labute approximate surface area is 126 Å². The van der Waals surface area contributed by atoms with Crippen molar-refractivity contribution in [1.29, 1.82) is 0 Å². The molecule has 0 saturated carbocycles. The van der Waals surface area contributed by atoms with Crippen molar-refractivity contribution in [2.75, 3.05) is 53.4 Å². The molecule has 5 heteroatoms. The highest BCUT2D eigenvalue weighted by atomic mass is 32.1. The summed E-state index contributed by atoms with van der Waals surface area (Å²) in [5.74, 6) is 0.278. The molecule has 20 heavy (non-hydrogen) atoms. The predicted molar refractivity (Wildman–Crippen MR) is 84.2 cm³/mol. The van der Waals surface area contributed by atoms with Crippen LogP contribution in [0.1, 0.15) is 11.3 Å². The van der Waals surface area contributed by atoms with E-state index >= 15 is 0 Å². The molecule has 2 rings (SSSR count). The van der Waals surface area contributed by atoms with Crippen LogP contribution >= 0.6 is 11.3 Å². The van der Waals surface area contributed by atoms with Crippen molar-refractivity contribution >= 4 is 17.2 Å². The fourth-order valence-corrected chi connectivity index (χ4v) is 3.20. The van der Waals surface area contributed by atoms with Gasteiger partial charge in [-0.3, -0.25) is 9.69 Å². The molecule has 1 aliphatic rings. The summed E-state index contributed by atoms with van der Waals surface area (Å²) in [6.07, 6.45) is 1.77. The number of amides is 1. The summed E-state index contributed by atoms with van der Waals surface area (Å²) < 4.78 is 0. The van der Waals surface area contributed by atoms with Crippen molar-refractivity contribution in [3.63, 3.8) is 0 Å². The molecule has 0 unspecified atom stereocenters. The first-order valence-corrected chi connectivity index (χ1v) is 8.20. The topological polar surface area (TPSA) is 26.8 Å². The summed E-state index contributed by atoms with van der Waals surface area (Å²) in [5.41, 5.74) is 0. The summed E-state index contributed by atoms with van der Waals surface area (Å²) in [7, 11) is 4.22. The first-order valence-electron chi connectivity index (χ1n) is 7.32. The van der Waals surface area contributed by atoms with Crippen LogP contribution in [0.25, 0.3) is 0 Å². The molecule has 1 amide bonds. The maximum absolute atomic E-state index is 12.2. The molecule has 1 saturated heterocycles. The van der Waals surface area contributed by atoms with Crippen LogP contribution in [0.3, 0.4) is 0 Å². The van der Waals surface area contributed by atoms with Gasteiger partial charge >= 0.3 is 0 Å². The van der Waals surface area contributed by atoms with E-state index in [1.807, 2.05) is 22.4 Å². The van der Waals surface area contributed by atoms with Gasteiger partial charge in [0.2, 0.25) is 5.91 Å². The smallest absolute Gasteiger partial charge is 0.227 e. The van der Waals surface area contributed by atoms with E-state index < -0.39 is 0 Å². The number of nitrogens with zero attached hydrogens (tertiary/aromatic N) is 3. The lowest BCUT2D eigenvalue weighted by Crippen LogP contribution is -2.49. The van der Waals surface area contributed by atoms with Crippen molar-refractivity contribution in [1.82, 2.24) is 14.7 Å². The third-order valence-electron chi connectivity index (χ3n) is 3.71. The molecular weight excluding hydrogens is 270 g/mol. The van der Waals surface area contributed by atoms with Crippen LogP contribution in [0.15, 0.2) is 17.5 Å². The third-order valence-corrected chi connectivity index (χ3v) is 4.59. The van der Waals surface area contributed by atoms with Gasteiger partial charge in [0.05, 0.1) is 6.42 Å². The monoisotopic (exact) mass is 295 g/mol. The van der Waals surface area contributed by atoms with Gasteiger partial charge in [0.25, 0.3) is 0 Å². The van der Waals surface area contributed by atoms with E-state index in [0.29, 0.717) is 6.42 Å². The molecule has 2 heterocycles. The van der Waals surface area contributed by atoms with Crippen LogP contribution in [-0.2, 0) is 11.2 Å². The Bertz CT molecular complexity index is 397. The van der Waals surface area contributed by atoms with E-state index in [0.717, 1.165) is 39.3 Å². The molecule has 1 aromatic rings. The lowest BCUT2D eigenvalue weighted by Gasteiger charge is -2.35. The van der Waals surface area contributed by atoms with E-state index in [-0.39, 0.29) is 5.91 Å². The largest absolute Gasteiger partial charge is 0.340 e. The van der Waals surface area contributed by atoms with Crippen LogP contribution in [-0.4, -0.2) is 74.0 Å². The van der Waals surface area contributed by atoms with Crippen LogP contribution in [0.5, 0.6) is 0 Å². The zero-order valence-corrected chi connectivity index (χ0v) is 13.4. The van der Waals surface area contributed by atoms with Crippen LogP contribution in [0.4, 0.5) is 0 Å². The minimum atomic E-state index is 0.278. The van der Waals surface area contributed by atoms with Crippen molar-refractivity contribution in [3.05, 3.63) is 22.4 Å². The lowest BCUT2D eigenvalue weighted by atomic mass is 10.2. The maximum Gasteiger partial charge on any atom is 0.227 e. The number of rotatable bonds is 6. The second-order valence-corrected chi connectivity index (χ2v) is 6.67. The van der Waals surface area contributed by atoms with Gasteiger partial charge in [-0.25, -0.2) is 0 Å². The zero-order chi connectivity index (χ0) is 14.4. The van der Waals surface area contributed by atoms with E-state index in [1.165, 1.54) is 11.3 Å². The summed E-state index contributed by atoms with van der Waals surface area (Å²) in [5, 5.41) is 2.03. The number of thiophene rings is 1. The van der Waals surface area contributed by atoms with E-state index in [9.17, 15) is 4.79 Å². The average Bonchev–Trinajstić information content (AvgIpc) is 2.92. The van der Waals surface area contributed by atoms with Gasteiger partial charge in [0.15, 0.2) is 0 Å². The molecule has 0 radical (unpaired) electrons. The SMILES string of the molecule is CN(C)CCCN1CCN(C(=O)Cc2cccs2)CC1. The number of carbonyl (C=O) groups excluding carboxylic acids is 1. The Morgan fingerprint density at radius 2 is 2.05 bits per heavy atom. The highest BCUT2D eigenvalue weighted by Gasteiger charge is 2.20. The Hall–Kier alpha value is -0.910. The van der Waals surface area contributed by atoms with Gasteiger partial charge in [-0.1, -0.05) is 6.07 Å². The first-order chi connectivity index (χ1) is 9.65. The average molecular weight is 295 g/mol. The van der Waals surface area contributed by atoms with Gasteiger partial charge in [-0.05, 0) is 45.1 Å². The summed E-state index contributed by atoms with van der Waals surface area (Å²) in [4.78, 5) is 20.1. The fourth-order valence-electron chi connectivity index (χ4n) is 2.51. The number of hydrogen-bond donors (Lipinski definition) is 0. The van der Waals surface area contributed by atoms with Gasteiger partial charge < -0.3 is 9.80 Å². The van der Waals surface area contributed by atoms with Gasteiger partial charge in [-0.15, -0.1) is 11.3 Å². The number of carbonyl (C=O) groups is 1. The lowest BCUT2D eigenvalue weighted by molar-refractivity contribution is -0.132. The zero-order valence-electron chi connectivity index (χ0n) is 12.5. The van der Waals surface area contributed by atoms with Crippen molar-refractivity contribution < 1.29 is 4.79 Å². The van der Waals surface area contributed by atoms with Gasteiger partial charge in [0.1, 0.15) is 0 Å². The molecule has 1 fully saturated rings. The molecule has 0 aromatic carbocycles. The standard InChI is InChI=1S/C15H25N3OS/c1-16(2)6-4-7-17-8-10-18(11-9-17)15(19)13-14-5-3-12-20-14/h3,5,12H,4,6-11,13H2,1-2H3. The quantitative estimate of drug-likeness (QED) is 0.793. The Morgan fingerprint density at radius 3 is 2.65 bits per heavy atom.